The zero-order valence-electron chi connectivity index (χ0n) is 17.4. The van der Waals surface area contributed by atoms with Crippen LogP contribution in [0.1, 0.15) is 39.7 Å². The number of rotatable bonds is 8. The van der Waals surface area contributed by atoms with E-state index in [1.807, 2.05) is 52.0 Å². The van der Waals surface area contributed by atoms with Gasteiger partial charge in [-0.05, 0) is 58.2 Å². The number of methoxy groups -OCH3 is 1. The zero-order chi connectivity index (χ0) is 20.4. The van der Waals surface area contributed by atoms with Gasteiger partial charge in [-0.2, -0.15) is 0 Å². The van der Waals surface area contributed by atoms with Crippen LogP contribution in [0.2, 0.25) is 0 Å². The maximum Gasteiger partial charge on any atom is 0.410 e. The molecule has 0 aromatic heterocycles. The second kappa shape index (κ2) is 10.6. The topological polar surface area (TPSA) is 89.2 Å². The smallest absolute Gasteiger partial charge is 0.410 e. The van der Waals surface area contributed by atoms with Crippen LogP contribution >= 0.6 is 0 Å². The summed E-state index contributed by atoms with van der Waals surface area (Å²) in [6.07, 6.45) is 1.22. The Bertz CT molecular complexity index is 609. The molecule has 3 N–H and O–H groups in total. The van der Waals surface area contributed by atoms with Gasteiger partial charge in [-0.15, -0.1) is 0 Å². The first kappa shape index (κ1) is 22.6. The fourth-order valence-electron chi connectivity index (χ4n) is 2.26. The number of ether oxygens (including phenoxy) is 2. The molecule has 1 aromatic carbocycles. The average molecular weight is 379 g/mol. The molecule has 7 heteroatoms. The summed E-state index contributed by atoms with van der Waals surface area (Å²) in [6.45, 7) is 8.77. The Morgan fingerprint density at radius 2 is 1.93 bits per heavy atom. The quantitative estimate of drug-likeness (QED) is 0.536. The number of amides is 1. The molecule has 0 radical (unpaired) electrons. The minimum atomic E-state index is -0.499. The first-order chi connectivity index (χ1) is 12.6. The lowest BCUT2D eigenvalue weighted by atomic mass is 10.1. The van der Waals surface area contributed by atoms with Gasteiger partial charge in [0.1, 0.15) is 11.4 Å². The van der Waals surface area contributed by atoms with Gasteiger partial charge in [0.2, 0.25) is 0 Å². The lowest BCUT2D eigenvalue weighted by Gasteiger charge is -2.28. The minimum Gasteiger partial charge on any atom is -0.497 e. The van der Waals surface area contributed by atoms with Gasteiger partial charge in [0, 0.05) is 26.2 Å². The summed E-state index contributed by atoms with van der Waals surface area (Å²) < 4.78 is 10.5. The fourth-order valence-corrected chi connectivity index (χ4v) is 2.26. The van der Waals surface area contributed by atoms with Crippen molar-refractivity contribution in [3.05, 3.63) is 29.8 Å². The third-order valence-corrected chi connectivity index (χ3v) is 4.05. The van der Waals surface area contributed by atoms with Crippen molar-refractivity contribution >= 4 is 12.1 Å². The van der Waals surface area contributed by atoms with Crippen LogP contribution in [0.15, 0.2) is 29.3 Å². The predicted molar refractivity (Wildman–Crippen MR) is 109 cm³/mol. The summed E-state index contributed by atoms with van der Waals surface area (Å²) in [5, 5.41) is 3.11. The summed E-state index contributed by atoms with van der Waals surface area (Å²) in [5.74, 6) is 1.26. The van der Waals surface area contributed by atoms with E-state index in [4.69, 9.17) is 15.2 Å². The zero-order valence-corrected chi connectivity index (χ0v) is 17.4. The summed E-state index contributed by atoms with van der Waals surface area (Å²) >= 11 is 0. The van der Waals surface area contributed by atoms with E-state index in [1.165, 1.54) is 5.56 Å². The Balaban J connectivity index is 2.31. The normalized spacial score (nSPS) is 13.0. The number of benzene rings is 1. The van der Waals surface area contributed by atoms with Crippen molar-refractivity contribution in [2.24, 2.45) is 10.7 Å². The Morgan fingerprint density at radius 1 is 1.30 bits per heavy atom. The maximum absolute atomic E-state index is 12.0. The van der Waals surface area contributed by atoms with Crippen molar-refractivity contribution in [3.8, 4) is 5.75 Å². The van der Waals surface area contributed by atoms with Gasteiger partial charge in [-0.25, -0.2) is 4.79 Å². The maximum atomic E-state index is 12.0. The van der Waals surface area contributed by atoms with E-state index in [-0.39, 0.29) is 12.1 Å². The van der Waals surface area contributed by atoms with E-state index in [0.29, 0.717) is 25.5 Å². The van der Waals surface area contributed by atoms with Gasteiger partial charge in [0.25, 0.3) is 0 Å². The van der Waals surface area contributed by atoms with E-state index < -0.39 is 5.60 Å². The second-order valence-electron chi connectivity index (χ2n) is 7.52. The average Bonchev–Trinajstić information content (AvgIpc) is 2.60. The Labute approximate surface area is 162 Å². The molecule has 7 nitrogen and oxygen atoms in total. The van der Waals surface area contributed by atoms with Crippen molar-refractivity contribution in [1.82, 2.24) is 10.2 Å². The number of nitrogens with two attached hydrogens (primary N) is 1. The number of guanidine groups is 1. The van der Waals surface area contributed by atoms with Crippen molar-refractivity contribution in [2.75, 3.05) is 27.2 Å². The minimum absolute atomic E-state index is 0.00991. The number of carbonyl (C=O) groups is 1. The first-order valence-corrected chi connectivity index (χ1v) is 9.25. The molecule has 1 aromatic rings. The molecule has 0 aliphatic heterocycles. The van der Waals surface area contributed by atoms with E-state index >= 15 is 0 Å². The van der Waals surface area contributed by atoms with Gasteiger partial charge in [-0.3, -0.25) is 4.99 Å². The number of nitrogens with zero attached hydrogens (tertiary/aromatic N) is 2. The van der Waals surface area contributed by atoms with Gasteiger partial charge in [0.05, 0.1) is 7.11 Å². The molecule has 0 aliphatic carbocycles. The van der Waals surface area contributed by atoms with E-state index in [2.05, 4.69) is 10.3 Å². The van der Waals surface area contributed by atoms with Crippen LogP contribution in [0.25, 0.3) is 0 Å². The number of aliphatic imine (C=N–C) groups is 1. The van der Waals surface area contributed by atoms with Crippen LogP contribution in [-0.2, 0) is 11.2 Å². The van der Waals surface area contributed by atoms with Crippen LogP contribution < -0.4 is 15.8 Å². The highest BCUT2D eigenvalue weighted by Gasteiger charge is 2.22. The first-order valence-electron chi connectivity index (χ1n) is 9.25. The molecule has 0 heterocycles. The van der Waals surface area contributed by atoms with Crippen molar-refractivity contribution in [1.29, 1.82) is 0 Å². The summed E-state index contributed by atoms with van der Waals surface area (Å²) in [4.78, 5) is 18.0. The van der Waals surface area contributed by atoms with Gasteiger partial charge in [-0.1, -0.05) is 12.1 Å². The molecule has 0 aliphatic rings. The molecule has 0 spiro atoms. The molecule has 1 amide bonds. The van der Waals surface area contributed by atoms with Crippen LogP contribution in [0.5, 0.6) is 5.75 Å². The molecular formula is C20H34N4O3. The molecule has 0 bridgehead atoms. The number of hydrogen-bond donors (Lipinski definition) is 2. The summed E-state index contributed by atoms with van der Waals surface area (Å²) in [6, 6.07) is 7.95. The number of nitrogens with one attached hydrogen (secondary N) is 1. The second-order valence-corrected chi connectivity index (χ2v) is 7.52. The van der Waals surface area contributed by atoms with E-state index in [9.17, 15) is 4.79 Å². The fraction of sp³-hybridized carbons (Fsp3) is 0.600. The lowest BCUT2D eigenvalue weighted by Crippen LogP contribution is -2.40. The highest BCUT2D eigenvalue weighted by Crippen LogP contribution is 2.12. The van der Waals surface area contributed by atoms with Crippen LogP contribution in [-0.4, -0.2) is 55.8 Å². The summed E-state index contributed by atoms with van der Waals surface area (Å²) in [7, 11) is 3.39. The lowest BCUT2D eigenvalue weighted by molar-refractivity contribution is 0.0231. The van der Waals surface area contributed by atoms with Gasteiger partial charge >= 0.3 is 6.09 Å². The highest BCUT2D eigenvalue weighted by atomic mass is 16.6. The monoisotopic (exact) mass is 378 g/mol. The molecule has 0 fully saturated rings. The van der Waals surface area contributed by atoms with Crippen LogP contribution in [0.4, 0.5) is 4.79 Å². The number of hydrogen-bond acceptors (Lipinski definition) is 4. The largest absolute Gasteiger partial charge is 0.497 e. The van der Waals surface area contributed by atoms with E-state index in [1.54, 1.807) is 19.1 Å². The molecule has 0 saturated carbocycles. The Morgan fingerprint density at radius 3 is 2.48 bits per heavy atom. The van der Waals surface area contributed by atoms with Crippen LogP contribution in [0.3, 0.4) is 0 Å². The van der Waals surface area contributed by atoms with E-state index in [0.717, 1.165) is 12.2 Å². The molecule has 27 heavy (non-hydrogen) atoms. The third kappa shape index (κ3) is 9.17. The molecular weight excluding hydrogens is 344 g/mol. The van der Waals surface area contributed by atoms with Crippen LogP contribution in [0, 0.1) is 0 Å². The Kier molecular flexibility index (Phi) is 8.91. The predicted octanol–water partition coefficient (Wildman–Crippen LogP) is 2.79. The molecule has 1 rings (SSSR count). The number of carbonyl (C=O) groups excluding carboxylic acids is 1. The molecule has 152 valence electrons. The van der Waals surface area contributed by atoms with Crippen molar-refractivity contribution < 1.29 is 14.3 Å². The van der Waals surface area contributed by atoms with Gasteiger partial charge in [0.15, 0.2) is 5.96 Å². The summed E-state index contributed by atoms with van der Waals surface area (Å²) in [5.41, 5.74) is 6.60. The van der Waals surface area contributed by atoms with Crippen molar-refractivity contribution in [2.45, 2.75) is 52.2 Å². The highest BCUT2D eigenvalue weighted by molar-refractivity contribution is 5.77. The Hall–Kier alpha value is -2.44. The third-order valence-electron chi connectivity index (χ3n) is 4.05. The molecule has 1 unspecified atom stereocenters. The molecule has 0 saturated heterocycles. The standard InChI is InChI=1S/C20H34N4O3/c1-15(24(5)19(25)27-20(2,3)4)11-13-22-18(21)23-14-12-16-7-9-17(26-6)10-8-16/h7-10,15H,11-14H2,1-6H3,(H3,21,22,23). The van der Waals surface area contributed by atoms with Gasteiger partial charge < -0.3 is 25.4 Å². The van der Waals surface area contributed by atoms with Crippen molar-refractivity contribution in [3.63, 3.8) is 0 Å². The molecule has 1 atom stereocenters. The SMILES string of the molecule is COc1ccc(CCNC(N)=NCCC(C)N(C)C(=O)OC(C)(C)C)cc1.